The monoisotopic (exact) mass is 347 g/mol. The van der Waals surface area contributed by atoms with Gasteiger partial charge in [-0.3, -0.25) is 9.48 Å². The summed E-state index contributed by atoms with van der Waals surface area (Å²) in [4.78, 5) is 12.2. The van der Waals surface area contributed by atoms with Gasteiger partial charge in [0.15, 0.2) is 0 Å². The van der Waals surface area contributed by atoms with Crippen LogP contribution in [0.1, 0.15) is 30.8 Å². The number of carbonyl (C=O) groups is 1. The summed E-state index contributed by atoms with van der Waals surface area (Å²) in [5.74, 6) is -0.398. The van der Waals surface area contributed by atoms with Crippen LogP contribution in [0.4, 0.5) is 14.5 Å². The molecule has 0 aliphatic heterocycles. The highest BCUT2D eigenvalue weighted by atomic mass is 35.5. The number of hydrogen-bond donors (Lipinski definition) is 1. The Kier molecular flexibility index (Phi) is 5.03. The minimum absolute atomic E-state index is 0.308. The molecule has 0 spiro atoms. The molecule has 1 unspecified atom stereocenters. The van der Waals surface area contributed by atoms with Crippen LogP contribution in [0, 0.1) is 6.92 Å². The van der Waals surface area contributed by atoms with E-state index in [-0.39, 0.29) is 5.69 Å². The summed E-state index contributed by atoms with van der Waals surface area (Å²) in [6.07, 6.45) is -2.68. The van der Waals surface area contributed by atoms with Gasteiger partial charge in [0.2, 0.25) is 5.91 Å². The second-order valence-corrected chi connectivity index (χ2v) is 5.56. The van der Waals surface area contributed by atoms with Crippen LogP contribution in [0.25, 0.3) is 0 Å². The molecule has 1 amide bonds. The van der Waals surface area contributed by atoms with E-state index in [1.54, 1.807) is 26.0 Å². The number of hydrogen-bond acceptors (Lipinski definition) is 2. The molecule has 0 fully saturated rings. The van der Waals surface area contributed by atoms with Gasteiger partial charge in [-0.1, -0.05) is 23.2 Å². The fraction of sp³-hybridized carbons (Fsp3) is 0.286. The second-order valence-electron chi connectivity index (χ2n) is 4.75. The smallest absolute Gasteiger partial charge is 0.282 e. The maximum atomic E-state index is 12.7. The van der Waals surface area contributed by atoms with Crippen LogP contribution < -0.4 is 5.32 Å². The zero-order valence-electron chi connectivity index (χ0n) is 11.8. The zero-order chi connectivity index (χ0) is 16.4. The molecule has 1 aromatic carbocycles. The van der Waals surface area contributed by atoms with Crippen LogP contribution in [-0.4, -0.2) is 15.7 Å². The summed E-state index contributed by atoms with van der Waals surface area (Å²) in [5, 5.41) is 7.09. The Morgan fingerprint density at radius 3 is 2.50 bits per heavy atom. The summed E-state index contributed by atoms with van der Waals surface area (Å²) in [5.41, 5.74) is 0.587. The third-order valence-corrected chi connectivity index (χ3v) is 3.84. The van der Waals surface area contributed by atoms with Gasteiger partial charge in [0.25, 0.3) is 6.43 Å². The van der Waals surface area contributed by atoms with Gasteiger partial charge in [0, 0.05) is 11.4 Å². The fourth-order valence-electron chi connectivity index (χ4n) is 1.94. The molecule has 0 radical (unpaired) electrons. The van der Waals surface area contributed by atoms with Crippen LogP contribution in [0.3, 0.4) is 0 Å². The molecular weight excluding hydrogens is 335 g/mol. The van der Waals surface area contributed by atoms with Crippen molar-refractivity contribution in [3.8, 4) is 0 Å². The van der Waals surface area contributed by atoms with E-state index in [9.17, 15) is 13.6 Å². The molecule has 0 aliphatic rings. The van der Waals surface area contributed by atoms with Crippen molar-refractivity contribution in [2.24, 2.45) is 0 Å². The number of rotatable bonds is 4. The Morgan fingerprint density at radius 1 is 1.27 bits per heavy atom. The molecule has 118 valence electrons. The summed E-state index contributed by atoms with van der Waals surface area (Å²) in [6.45, 7) is 3.18. The van der Waals surface area contributed by atoms with E-state index in [1.165, 1.54) is 16.8 Å². The van der Waals surface area contributed by atoms with E-state index in [1.807, 2.05) is 0 Å². The minimum Gasteiger partial charge on any atom is -0.324 e. The number of aryl methyl sites for hydroxylation is 1. The lowest BCUT2D eigenvalue weighted by Gasteiger charge is -2.14. The molecule has 2 rings (SSSR count). The molecule has 0 aliphatic carbocycles. The third-order valence-electron chi connectivity index (χ3n) is 3.10. The predicted octanol–water partition coefficient (Wildman–Crippen LogP) is 4.64. The van der Waals surface area contributed by atoms with Gasteiger partial charge in [0.1, 0.15) is 11.7 Å². The van der Waals surface area contributed by atoms with Crippen LogP contribution in [0.15, 0.2) is 24.3 Å². The van der Waals surface area contributed by atoms with Gasteiger partial charge in [-0.2, -0.15) is 5.10 Å². The predicted molar refractivity (Wildman–Crippen MR) is 81.7 cm³/mol. The lowest BCUT2D eigenvalue weighted by Crippen LogP contribution is -2.25. The normalized spacial score (nSPS) is 12.5. The number of carbonyl (C=O) groups excluding carboxylic acids is 1. The minimum atomic E-state index is -2.68. The molecule has 0 bridgehead atoms. The SMILES string of the molecule is Cc1cc(C(F)F)nn1C(C)C(=O)Nc1ccc(Cl)c(Cl)c1. The average molecular weight is 348 g/mol. The molecule has 1 atom stereocenters. The van der Waals surface area contributed by atoms with E-state index in [0.29, 0.717) is 21.4 Å². The van der Waals surface area contributed by atoms with Gasteiger partial charge >= 0.3 is 0 Å². The van der Waals surface area contributed by atoms with E-state index >= 15 is 0 Å². The lowest BCUT2D eigenvalue weighted by molar-refractivity contribution is -0.119. The molecule has 0 saturated heterocycles. The van der Waals surface area contributed by atoms with Crippen molar-refractivity contribution >= 4 is 34.8 Å². The zero-order valence-corrected chi connectivity index (χ0v) is 13.3. The Hall–Kier alpha value is -1.66. The summed E-state index contributed by atoms with van der Waals surface area (Å²) >= 11 is 11.7. The Bertz CT molecular complexity index is 703. The highest BCUT2D eigenvalue weighted by Gasteiger charge is 2.21. The first-order chi connectivity index (χ1) is 10.3. The van der Waals surface area contributed by atoms with Crippen molar-refractivity contribution in [3.05, 3.63) is 45.7 Å². The number of amides is 1. The van der Waals surface area contributed by atoms with Crippen LogP contribution >= 0.6 is 23.2 Å². The van der Waals surface area contributed by atoms with Crippen molar-refractivity contribution in [3.63, 3.8) is 0 Å². The maximum absolute atomic E-state index is 12.7. The topological polar surface area (TPSA) is 46.9 Å². The number of benzene rings is 1. The number of halogens is 4. The molecule has 1 aromatic heterocycles. The summed E-state index contributed by atoms with van der Waals surface area (Å²) in [6, 6.07) is 5.17. The Balaban J connectivity index is 2.16. The van der Waals surface area contributed by atoms with Crippen molar-refractivity contribution in [2.45, 2.75) is 26.3 Å². The third kappa shape index (κ3) is 3.56. The molecule has 22 heavy (non-hydrogen) atoms. The van der Waals surface area contributed by atoms with Crippen molar-refractivity contribution in [1.29, 1.82) is 0 Å². The quantitative estimate of drug-likeness (QED) is 0.875. The van der Waals surface area contributed by atoms with Gasteiger partial charge < -0.3 is 5.32 Å². The van der Waals surface area contributed by atoms with Crippen LogP contribution in [-0.2, 0) is 4.79 Å². The largest absolute Gasteiger partial charge is 0.324 e. The van der Waals surface area contributed by atoms with Gasteiger partial charge in [-0.05, 0) is 38.1 Å². The van der Waals surface area contributed by atoms with Crippen LogP contribution in [0.2, 0.25) is 10.0 Å². The molecule has 1 heterocycles. The number of alkyl halides is 2. The molecule has 1 N–H and O–H groups in total. The van der Waals surface area contributed by atoms with Gasteiger partial charge in [-0.25, -0.2) is 8.78 Å². The molecule has 8 heteroatoms. The first-order valence-electron chi connectivity index (χ1n) is 6.39. The highest BCUT2D eigenvalue weighted by molar-refractivity contribution is 6.42. The summed E-state index contributed by atoms with van der Waals surface area (Å²) < 4.78 is 26.6. The van der Waals surface area contributed by atoms with E-state index < -0.39 is 18.4 Å². The first kappa shape index (κ1) is 16.7. The lowest BCUT2D eigenvalue weighted by atomic mass is 10.2. The Labute approximate surface area is 136 Å². The number of aromatic nitrogens is 2. The number of anilines is 1. The Morgan fingerprint density at radius 2 is 1.95 bits per heavy atom. The molecule has 0 saturated carbocycles. The van der Waals surface area contributed by atoms with Crippen molar-refractivity contribution in [1.82, 2.24) is 9.78 Å². The first-order valence-corrected chi connectivity index (χ1v) is 7.15. The molecule has 4 nitrogen and oxygen atoms in total. The standard InChI is InChI=1S/C14H13Cl2F2N3O/c1-7-5-12(13(17)18)20-21(7)8(2)14(22)19-9-3-4-10(15)11(16)6-9/h3-6,8,13H,1-2H3,(H,19,22). The van der Waals surface area contributed by atoms with E-state index in [2.05, 4.69) is 10.4 Å². The number of nitrogens with one attached hydrogen (secondary N) is 1. The number of nitrogens with zero attached hydrogens (tertiary/aromatic N) is 2. The maximum Gasteiger partial charge on any atom is 0.282 e. The van der Waals surface area contributed by atoms with Crippen molar-refractivity contribution in [2.75, 3.05) is 5.32 Å². The van der Waals surface area contributed by atoms with E-state index in [0.717, 1.165) is 0 Å². The van der Waals surface area contributed by atoms with Gasteiger partial charge in [-0.15, -0.1) is 0 Å². The second kappa shape index (κ2) is 6.62. The highest BCUT2D eigenvalue weighted by Crippen LogP contribution is 2.26. The molecular formula is C14H13Cl2F2N3O. The van der Waals surface area contributed by atoms with E-state index in [4.69, 9.17) is 23.2 Å². The van der Waals surface area contributed by atoms with Crippen molar-refractivity contribution < 1.29 is 13.6 Å². The van der Waals surface area contributed by atoms with Crippen LogP contribution in [0.5, 0.6) is 0 Å². The molecule has 2 aromatic rings. The average Bonchev–Trinajstić information content (AvgIpc) is 2.84. The van der Waals surface area contributed by atoms with Gasteiger partial charge in [0.05, 0.1) is 10.0 Å². The fourth-order valence-corrected chi connectivity index (χ4v) is 2.24. The summed E-state index contributed by atoms with van der Waals surface area (Å²) in [7, 11) is 0.